The molecule has 7 nitrogen and oxygen atoms in total. The topological polar surface area (TPSA) is 91.8 Å². The van der Waals surface area contributed by atoms with Crippen molar-refractivity contribution in [3.05, 3.63) is 0 Å². The Kier molecular flexibility index (Phi) is 11.9. The van der Waals surface area contributed by atoms with Crippen LogP contribution in [0.5, 0.6) is 0 Å². The smallest absolute Gasteiger partial charge is 0.211 e. The van der Waals surface area contributed by atoms with E-state index in [0.717, 1.165) is 32.1 Å². The highest BCUT2D eigenvalue weighted by molar-refractivity contribution is 7.89. The molecule has 8 heteroatoms. The molecule has 0 radical (unpaired) electrons. The normalized spacial score (nSPS) is 16.8. The monoisotopic (exact) mass is 376 g/mol. The van der Waals surface area contributed by atoms with Crippen LogP contribution in [-0.4, -0.2) is 59.0 Å². The maximum atomic E-state index is 11.3. The molecule has 1 fully saturated rings. The van der Waals surface area contributed by atoms with Crippen LogP contribution in [0.1, 0.15) is 58.8 Å². The molecule has 1 aliphatic rings. The molecule has 0 aromatic heterocycles. The third-order valence-corrected chi connectivity index (χ3v) is 5.57. The number of nitrogens with one attached hydrogen (secondary N) is 3. The Hall–Kier alpha value is -0.860. The minimum Gasteiger partial charge on any atom is -0.378 e. The lowest BCUT2D eigenvalue weighted by Gasteiger charge is -2.21. The lowest BCUT2D eigenvalue weighted by Crippen LogP contribution is -2.39. The van der Waals surface area contributed by atoms with Crippen LogP contribution < -0.4 is 15.4 Å². The number of aliphatic imine (C=N–C) groups is 1. The Morgan fingerprint density at radius 2 is 1.84 bits per heavy atom. The summed E-state index contributed by atoms with van der Waals surface area (Å²) in [5, 5.41) is 6.43. The molecular formula is C17H36N4O3S. The predicted octanol–water partition coefficient (Wildman–Crippen LogP) is 1.61. The number of hydrogen-bond donors (Lipinski definition) is 3. The molecule has 0 atom stereocenters. The molecule has 0 bridgehead atoms. The molecule has 25 heavy (non-hydrogen) atoms. The van der Waals surface area contributed by atoms with Gasteiger partial charge in [-0.25, -0.2) is 13.1 Å². The first-order valence-corrected chi connectivity index (χ1v) is 11.3. The van der Waals surface area contributed by atoms with Gasteiger partial charge >= 0.3 is 0 Å². The zero-order valence-electron chi connectivity index (χ0n) is 15.8. The van der Waals surface area contributed by atoms with Gasteiger partial charge in [-0.05, 0) is 39.5 Å². The lowest BCUT2D eigenvalue weighted by molar-refractivity contribution is 0.0281. The van der Waals surface area contributed by atoms with Gasteiger partial charge in [-0.1, -0.05) is 19.3 Å². The van der Waals surface area contributed by atoms with Crippen molar-refractivity contribution in [1.82, 2.24) is 15.4 Å². The Labute approximate surface area is 153 Å². The first-order chi connectivity index (χ1) is 12.1. The number of sulfonamides is 1. The van der Waals surface area contributed by atoms with Gasteiger partial charge in [0, 0.05) is 32.8 Å². The van der Waals surface area contributed by atoms with Gasteiger partial charge in [0.2, 0.25) is 10.0 Å². The Bertz CT molecular complexity index is 463. The molecule has 0 aliphatic heterocycles. The fourth-order valence-electron chi connectivity index (χ4n) is 2.70. The van der Waals surface area contributed by atoms with Crippen molar-refractivity contribution in [3.63, 3.8) is 0 Å². The van der Waals surface area contributed by atoms with Crippen LogP contribution >= 0.6 is 0 Å². The molecule has 1 saturated carbocycles. The van der Waals surface area contributed by atoms with Gasteiger partial charge in [-0.3, -0.25) is 4.99 Å². The number of guanidine groups is 1. The molecule has 0 amide bonds. The van der Waals surface area contributed by atoms with Crippen LogP contribution in [0.2, 0.25) is 0 Å². The third-order valence-electron chi connectivity index (χ3n) is 4.17. The molecule has 0 aromatic carbocycles. The van der Waals surface area contributed by atoms with Crippen LogP contribution in [0.3, 0.4) is 0 Å². The number of rotatable bonds is 12. The fraction of sp³-hybridized carbons (Fsp3) is 0.941. The summed E-state index contributed by atoms with van der Waals surface area (Å²) in [6, 6.07) is 0. The highest BCUT2D eigenvalue weighted by Crippen LogP contribution is 2.20. The van der Waals surface area contributed by atoms with E-state index in [4.69, 9.17) is 4.74 Å². The zero-order valence-corrected chi connectivity index (χ0v) is 16.7. The van der Waals surface area contributed by atoms with Crippen molar-refractivity contribution < 1.29 is 13.2 Å². The van der Waals surface area contributed by atoms with Crippen LogP contribution in [0.4, 0.5) is 0 Å². The summed E-state index contributed by atoms with van der Waals surface area (Å²) >= 11 is 0. The first kappa shape index (κ1) is 22.2. The van der Waals surface area contributed by atoms with E-state index in [1.54, 1.807) is 6.92 Å². The quantitative estimate of drug-likeness (QED) is 0.273. The Morgan fingerprint density at radius 1 is 1.08 bits per heavy atom. The number of nitrogens with zero attached hydrogens (tertiary/aromatic N) is 1. The van der Waals surface area contributed by atoms with E-state index in [0.29, 0.717) is 25.6 Å². The van der Waals surface area contributed by atoms with Gasteiger partial charge in [0.25, 0.3) is 0 Å². The number of ether oxygens (including phenoxy) is 1. The Morgan fingerprint density at radius 3 is 2.52 bits per heavy atom. The van der Waals surface area contributed by atoms with Gasteiger partial charge in [0.15, 0.2) is 5.96 Å². The van der Waals surface area contributed by atoms with Gasteiger partial charge in [-0.2, -0.15) is 0 Å². The molecule has 1 aliphatic carbocycles. The molecule has 0 aromatic rings. The summed E-state index contributed by atoms with van der Waals surface area (Å²) < 4.78 is 31.1. The summed E-state index contributed by atoms with van der Waals surface area (Å²) in [6.07, 6.45) is 8.44. The zero-order chi connectivity index (χ0) is 18.4. The van der Waals surface area contributed by atoms with E-state index < -0.39 is 10.0 Å². The predicted molar refractivity (Wildman–Crippen MR) is 104 cm³/mol. The van der Waals surface area contributed by atoms with Crippen LogP contribution in [0.25, 0.3) is 0 Å². The van der Waals surface area contributed by atoms with Crippen molar-refractivity contribution >= 4 is 16.0 Å². The third kappa shape index (κ3) is 11.4. The molecule has 0 spiro atoms. The minimum atomic E-state index is -3.10. The number of hydrogen-bond acceptors (Lipinski definition) is 4. The average molecular weight is 377 g/mol. The van der Waals surface area contributed by atoms with Crippen molar-refractivity contribution in [2.45, 2.75) is 64.9 Å². The van der Waals surface area contributed by atoms with E-state index in [1.165, 1.54) is 32.1 Å². The van der Waals surface area contributed by atoms with E-state index >= 15 is 0 Å². The maximum Gasteiger partial charge on any atom is 0.211 e. The van der Waals surface area contributed by atoms with Crippen LogP contribution in [0.15, 0.2) is 4.99 Å². The lowest BCUT2D eigenvalue weighted by atomic mass is 9.98. The van der Waals surface area contributed by atoms with Gasteiger partial charge in [0.1, 0.15) is 0 Å². The van der Waals surface area contributed by atoms with Crippen molar-refractivity contribution in [1.29, 1.82) is 0 Å². The van der Waals surface area contributed by atoms with Crippen molar-refractivity contribution in [2.24, 2.45) is 4.99 Å². The second kappa shape index (κ2) is 13.4. The molecule has 0 heterocycles. The SMILES string of the molecule is CCNC(=NCCCOC1CCCCC1)NCCCNS(=O)(=O)CC. The maximum absolute atomic E-state index is 11.3. The molecule has 0 saturated heterocycles. The largest absolute Gasteiger partial charge is 0.378 e. The minimum absolute atomic E-state index is 0.119. The second-order valence-corrected chi connectivity index (χ2v) is 8.42. The molecule has 1 rings (SSSR count). The van der Waals surface area contributed by atoms with E-state index in [-0.39, 0.29) is 5.75 Å². The van der Waals surface area contributed by atoms with Crippen molar-refractivity contribution in [3.8, 4) is 0 Å². The van der Waals surface area contributed by atoms with Crippen LogP contribution in [0, 0.1) is 0 Å². The summed E-state index contributed by atoms with van der Waals surface area (Å²) in [5.74, 6) is 0.895. The second-order valence-electron chi connectivity index (χ2n) is 6.32. The summed E-state index contributed by atoms with van der Waals surface area (Å²) in [7, 11) is -3.10. The summed E-state index contributed by atoms with van der Waals surface area (Å²) in [5.41, 5.74) is 0. The highest BCUT2D eigenvalue weighted by atomic mass is 32.2. The highest BCUT2D eigenvalue weighted by Gasteiger charge is 2.12. The summed E-state index contributed by atoms with van der Waals surface area (Å²) in [6.45, 7) is 7.07. The Balaban J connectivity index is 2.13. The van der Waals surface area contributed by atoms with Crippen LogP contribution in [-0.2, 0) is 14.8 Å². The molecule has 0 unspecified atom stereocenters. The van der Waals surface area contributed by atoms with E-state index in [1.807, 2.05) is 6.92 Å². The molecular weight excluding hydrogens is 340 g/mol. The van der Waals surface area contributed by atoms with E-state index in [9.17, 15) is 8.42 Å². The standard InChI is InChI=1S/C17H36N4O3S/c1-3-18-17(19-12-8-14-21-25(22,23)4-2)20-13-9-15-24-16-10-6-5-7-11-16/h16,21H,3-15H2,1-2H3,(H2,18,19,20). The van der Waals surface area contributed by atoms with Crippen molar-refractivity contribution in [2.75, 3.05) is 38.5 Å². The van der Waals surface area contributed by atoms with Gasteiger partial charge in [-0.15, -0.1) is 0 Å². The van der Waals surface area contributed by atoms with E-state index in [2.05, 4.69) is 20.3 Å². The fourth-order valence-corrected chi connectivity index (χ4v) is 3.36. The molecule has 148 valence electrons. The first-order valence-electron chi connectivity index (χ1n) is 9.68. The van der Waals surface area contributed by atoms with Gasteiger partial charge < -0.3 is 15.4 Å². The molecule has 3 N–H and O–H groups in total. The van der Waals surface area contributed by atoms with Gasteiger partial charge in [0.05, 0.1) is 11.9 Å². The summed E-state index contributed by atoms with van der Waals surface area (Å²) in [4.78, 5) is 4.53. The average Bonchev–Trinajstić information content (AvgIpc) is 2.62.